The molecule has 1 atom stereocenters. The van der Waals surface area contributed by atoms with Crippen LogP contribution in [0.5, 0.6) is 0 Å². The molecular formula is C16H16ClNO2. The van der Waals surface area contributed by atoms with E-state index in [9.17, 15) is 4.79 Å². The number of alkyl halides is 1. The number of carbonyl (C=O) groups excluding carboxylic acids is 1. The lowest BCUT2D eigenvalue weighted by Crippen LogP contribution is -2.22. The molecule has 0 radical (unpaired) electrons. The molecule has 1 aliphatic rings. The lowest BCUT2D eigenvalue weighted by atomic mass is 9.98. The predicted octanol–water partition coefficient (Wildman–Crippen LogP) is 3.59. The molecule has 104 valence electrons. The number of furan rings is 1. The molecule has 1 aromatic carbocycles. The summed E-state index contributed by atoms with van der Waals surface area (Å²) in [5, 5.41) is 2.61. The van der Waals surface area contributed by atoms with E-state index in [4.69, 9.17) is 16.0 Å². The first-order valence-electron chi connectivity index (χ1n) is 6.75. The van der Waals surface area contributed by atoms with Crippen LogP contribution >= 0.6 is 11.6 Å². The van der Waals surface area contributed by atoms with E-state index < -0.39 is 0 Å². The minimum atomic E-state index is -0.297. The molecule has 2 aromatic rings. The van der Waals surface area contributed by atoms with E-state index in [1.165, 1.54) is 0 Å². The average molecular weight is 290 g/mol. The van der Waals surface area contributed by atoms with Crippen LogP contribution in [0.4, 0.5) is 0 Å². The van der Waals surface area contributed by atoms with Gasteiger partial charge in [0.05, 0.1) is 11.6 Å². The summed E-state index contributed by atoms with van der Waals surface area (Å²) in [6, 6.07) is 7.83. The van der Waals surface area contributed by atoms with Crippen molar-refractivity contribution in [2.24, 2.45) is 0 Å². The fourth-order valence-corrected chi connectivity index (χ4v) is 2.80. The third-order valence-corrected chi connectivity index (χ3v) is 4.13. The molecule has 0 bridgehead atoms. The molecule has 3 rings (SSSR count). The van der Waals surface area contributed by atoms with Crippen molar-refractivity contribution >= 4 is 17.5 Å². The molecule has 1 unspecified atom stereocenters. The minimum Gasteiger partial charge on any atom is -0.469 e. The van der Waals surface area contributed by atoms with E-state index in [1.54, 1.807) is 6.26 Å². The highest BCUT2D eigenvalue weighted by atomic mass is 35.5. The Morgan fingerprint density at radius 1 is 1.30 bits per heavy atom. The van der Waals surface area contributed by atoms with Crippen molar-refractivity contribution in [3.63, 3.8) is 0 Å². The lowest BCUT2D eigenvalue weighted by molar-refractivity contribution is 0.0956. The van der Waals surface area contributed by atoms with Crippen molar-refractivity contribution in [2.75, 3.05) is 6.54 Å². The van der Waals surface area contributed by atoms with Crippen LogP contribution in [0.2, 0.25) is 0 Å². The molecule has 3 nitrogen and oxygen atoms in total. The molecule has 0 spiro atoms. The van der Waals surface area contributed by atoms with Gasteiger partial charge >= 0.3 is 0 Å². The summed E-state index contributed by atoms with van der Waals surface area (Å²) >= 11 is 6.48. The number of aryl methyl sites for hydroxylation is 2. The molecule has 1 amide bonds. The monoisotopic (exact) mass is 289 g/mol. The molecule has 0 saturated heterocycles. The van der Waals surface area contributed by atoms with Gasteiger partial charge in [0.15, 0.2) is 0 Å². The number of amides is 1. The zero-order valence-electron chi connectivity index (χ0n) is 11.3. The van der Waals surface area contributed by atoms with Gasteiger partial charge in [0.25, 0.3) is 5.91 Å². The number of halogens is 1. The fraction of sp³-hybridized carbons (Fsp3) is 0.312. The highest BCUT2D eigenvalue weighted by Gasteiger charge is 2.19. The van der Waals surface area contributed by atoms with Crippen LogP contribution in [-0.2, 0) is 6.42 Å². The normalized spacial score (nSPS) is 16.2. The number of hydrogen-bond acceptors (Lipinski definition) is 2. The van der Waals surface area contributed by atoms with Gasteiger partial charge in [0.2, 0.25) is 0 Å². The van der Waals surface area contributed by atoms with Crippen molar-refractivity contribution in [1.29, 1.82) is 0 Å². The van der Waals surface area contributed by atoms with Crippen LogP contribution in [0.3, 0.4) is 0 Å². The first-order valence-corrected chi connectivity index (χ1v) is 7.19. The Labute approximate surface area is 122 Å². The molecule has 4 heteroatoms. The van der Waals surface area contributed by atoms with Gasteiger partial charge in [-0.05, 0) is 43.0 Å². The Kier molecular flexibility index (Phi) is 3.53. The molecule has 20 heavy (non-hydrogen) atoms. The molecule has 1 N–H and O–H groups in total. The van der Waals surface area contributed by atoms with Crippen LogP contribution in [-0.4, -0.2) is 12.5 Å². The van der Waals surface area contributed by atoms with Gasteiger partial charge < -0.3 is 9.73 Å². The van der Waals surface area contributed by atoms with Gasteiger partial charge in [0, 0.05) is 17.7 Å². The van der Waals surface area contributed by atoms with Crippen LogP contribution in [0.25, 0.3) is 0 Å². The largest absolute Gasteiger partial charge is 0.469 e. The maximum absolute atomic E-state index is 12.0. The maximum Gasteiger partial charge on any atom is 0.251 e. The summed E-state index contributed by atoms with van der Waals surface area (Å²) in [5.74, 6) is 0.824. The van der Waals surface area contributed by atoms with Gasteiger partial charge in [-0.1, -0.05) is 12.1 Å². The molecule has 0 fully saturated rings. The molecule has 0 aliphatic carbocycles. The second-order valence-electron chi connectivity index (χ2n) is 5.13. The van der Waals surface area contributed by atoms with Gasteiger partial charge in [-0.3, -0.25) is 4.79 Å². The molecule has 0 saturated carbocycles. The van der Waals surface area contributed by atoms with E-state index in [0.717, 1.165) is 47.4 Å². The molecule has 1 aliphatic heterocycles. The zero-order valence-corrected chi connectivity index (χ0v) is 12.0. The zero-order chi connectivity index (χ0) is 14.1. The third-order valence-electron chi connectivity index (χ3n) is 3.62. The second-order valence-corrected chi connectivity index (χ2v) is 5.57. The van der Waals surface area contributed by atoms with E-state index >= 15 is 0 Å². The maximum atomic E-state index is 12.0. The number of nitrogens with one attached hydrogen (secondary N) is 1. The molecule has 2 heterocycles. The van der Waals surface area contributed by atoms with Crippen molar-refractivity contribution < 1.29 is 9.21 Å². The summed E-state index contributed by atoms with van der Waals surface area (Å²) in [5.41, 5.74) is 3.67. The Hall–Kier alpha value is -1.74. The summed E-state index contributed by atoms with van der Waals surface area (Å²) < 4.78 is 5.30. The van der Waals surface area contributed by atoms with Gasteiger partial charge in [-0.25, -0.2) is 0 Å². The van der Waals surface area contributed by atoms with E-state index in [0.29, 0.717) is 0 Å². The van der Waals surface area contributed by atoms with Crippen LogP contribution in [0.1, 0.15) is 44.6 Å². The van der Waals surface area contributed by atoms with Gasteiger partial charge in [-0.2, -0.15) is 0 Å². The standard InChI is InChI=1S/C16H16ClNO2/c1-10-7-13(9-20-10)15(17)12-5-4-11-3-2-6-18-16(19)14(11)8-12/h4-5,7-9,15H,2-3,6H2,1H3,(H,18,19). The molecular weight excluding hydrogens is 274 g/mol. The first kappa shape index (κ1) is 13.3. The van der Waals surface area contributed by atoms with Gasteiger partial charge in [-0.15, -0.1) is 11.6 Å². The van der Waals surface area contributed by atoms with Crippen molar-refractivity contribution in [2.45, 2.75) is 25.1 Å². The van der Waals surface area contributed by atoms with E-state index in [-0.39, 0.29) is 11.3 Å². The SMILES string of the molecule is Cc1cc(C(Cl)c2ccc3c(c2)C(=O)NCCC3)co1. The summed E-state index contributed by atoms with van der Waals surface area (Å²) in [6.07, 6.45) is 3.56. The Bertz CT molecular complexity index is 648. The fourth-order valence-electron chi connectivity index (χ4n) is 2.55. The summed E-state index contributed by atoms with van der Waals surface area (Å²) in [4.78, 5) is 12.0. The minimum absolute atomic E-state index is 0.00779. The van der Waals surface area contributed by atoms with Crippen molar-refractivity contribution in [3.05, 3.63) is 58.5 Å². The van der Waals surface area contributed by atoms with Gasteiger partial charge in [0.1, 0.15) is 5.76 Å². The summed E-state index contributed by atoms with van der Waals surface area (Å²) in [7, 11) is 0. The number of hydrogen-bond donors (Lipinski definition) is 1. The van der Waals surface area contributed by atoms with Crippen LogP contribution in [0.15, 0.2) is 34.9 Å². The van der Waals surface area contributed by atoms with Crippen LogP contribution < -0.4 is 5.32 Å². The topological polar surface area (TPSA) is 42.2 Å². The number of benzene rings is 1. The highest BCUT2D eigenvalue weighted by Crippen LogP contribution is 2.31. The van der Waals surface area contributed by atoms with Crippen molar-refractivity contribution in [3.8, 4) is 0 Å². The second kappa shape index (κ2) is 5.33. The third kappa shape index (κ3) is 2.46. The quantitative estimate of drug-likeness (QED) is 0.859. The van der Waals surface area contributed by atoms with Crippen molar-refractivity contribution in [1.82, 2.24) is 5.32 Å². The predicted molar refractivity (Wildman–Crippen MR) is 78.2 cm³/mol. The highest BCUT2D eigenvalue weighted by molar-refractivity contribution is 6.22. The Balaban J connectivity index is 1.97. The summed E-state index contributed by atoms with van der Waals surface area (Å²) in [6.45, 7) is 2.62. The average Bonchev–Trinajstić information content (AvgIpc) is 2.80. The molecule has 1 aromatic heterocycles. The number of carbonyl (C=O) groups is 1. The number of fused-ring (bicyclic) bond motifs is 1. The Morgan fingerprint density at radius 3 is 2.90 bits per heavy atom. The lowest BCUT2D eigenvalue weighted by Gasteiger charge is -2.11. The smallest absolute Gasteiger partial charge is 0.251 e. The van der Waals surface area contributed by atoms with Crippen LogP contribution in [0, 0.1) is 6.92 Å². The Morgan fingerprint density at radius 2 is 2.15 bits per heavy atom. The van der Waals surface area contributed by atoms with E-state index in [1.807, 2.05) is 31.2 Å². The first-order chi connectivity index (χ1) is 9.65. The number of rotatable bonds is 2. The van der Waals surface area contributed by atoms with E-state index in [2.05, 4.69) is 5.32 Å².